The summed E-state index contributed by atoms with van der Waals surface area (Å²) in [6.07, 6.45) is 13.7. The number of unbranched alkanes of at least 4 members (excludes halogenated alkanes) is 4. The SMILES string of the molecule is CCCCCCC[C@H]1CC[C@H](c2ccc(C#Cc3ccc(OC(F)F)cc3)cc2)CC1. The molecule has 0 bridgehead atoms. The summed E-state index contributed by atoms with van der Waals surface area (Å²) in [6, 6.07) is 15.1. The summed E-state index contributed by atoms with van der Waals surface area (Å²) in [7, 11) is 0. The summed E-state index contributed by atoms with van der Waals surface area (Å²) < 4.78 is 28.8. The molecule has 0 heterocycles. The molecule has 0 atom stereocenters. The van der Waals surface area contributed by atoms with Gasteiger partial charge in [0, 0.05) is 11.1 Å². The second-order valence-electron chi connectivity index (χ2n) is 8.70. The van der Waals surface area contributed by atoms with Gasteiger partial charge in [-0.2, -0.15) is 8.78 Å². The molecule has 0 amide bonds. The van der Waals surface area contributed by atoms with Crippen molar-refractivity contribution >= 4 is 0 Å². The molecule has 0 saturated heterocycles. The van der Waals surface area contributed by atoms with E-state index in [4.69, 9.17) is 0 Å². The lowest BCUT2D eigenvalue weighted by atomic mass is 9.77. The molecule has 0 N–H and O–H groups in total. The molecule has 2 aromatic rings. The Hall–Kier alpha value is -2.34. The van der Waals surface area contributed by atoms with E-state index in [1.807, 2.05) is 0 Å². The van der Waals surface area contributed by atoms with Gasteiger partial charge in [0.1, 0.15) is 5.75 Å². The Labute approximate surface area is 186 Å². The Morgan fingerprint density at radius 3 is 1.97 bits per heavy atom. The van der Waals surface area contributed by atoms with Crippen LogP contribution in [-0.2, 0) is 0 Å². The summed E-state index contributed by atoms with van der Waals surface area (Å²) in [5.74, 6) is 8.00. The van der Waals surface area contributed by atoms with Gasteiger partial charge in [-0.1, -0.05) is 69.4 Å². The molecule has 3 rings (SSSR count). The van der Waals surface area contributed by atoms with Crippen molar-refractivity contribution in [3.8, 4) is 17.6 Å². The highest BCUT2D eigenvalue weighted by atomic mass is 19.3. The smallest absolute Gasteiger partial charge is 0.387 e. The molecule has 31 heavy (non-hydrogen) atoms. The average molecular weight is 425 g/mol. The van der Waals surface area contributed by atoms with Gasteiger partial charge in [-0.15, -0.1) is 0 Å². The van der Waals surface area contributed by atoms with Gasteiger partial charge in [0.15, 0.2) is 0 Å². The van der Waals surface area contributed by atoms with Crippen molar-refractivity contribution < 1.29 is 13.5 Å². The van der Waals surface area contributed by atoms with E-state index in [1.54, 1.807) is 12.1 Å². The molecule has 166 valence electrons. The van der Waals surface area contributed by atoms with E-state index in [0.717, 1.165) is 17.0 Å². The molecule has 1 aliphatic rings. The number of halogens is 2. The molecule has 3 heteroatoms. The van der Waals surface area contributed by atoms with Crippen LogP contribution in [0.25, 0.3) is 0 Å². The highest BCUT2D eigenvalue weighted by Gasteiger charge is 2.21. The van der Waals surface area contributed by atoms with Crippen molar-refractivity contribution in [2.45, 2.75) is 83.7 Å². The molecule has 1 fully saturated rings. The first-order chi connectivity index (χ1) is 15.1. The standard InChI is InChI=1S/C28H34F2O/c1-2-3-4-5-6-7-22-10-16-25(17-11-22)26-18-12-23(13-19-26)8-9-24-14-20-27(21-15-24)31-28(29)30/h12-15,18-22,25,28H,2-7,10-11,16-17H2,1H3/t22-,25-. The van der Waals surface area contributed by atoms with Gasteiger partial charge >= 0.3 is 6.61 Å². The molecule has 0 radical (unpaired) electrons. The maximum Gasteiger partial charge on any atom is 0.387 e. The van der Waals surface area contributed by atoms with E-state index in [1.165, 1.54) is 81.9 Å². The normalized spacial score (nSPS) is 18.5. The first kappa shape index (κ1) is 23.3. The van der Waals surface area contributed by atoms with E-state index in [-0.39, 0.29) is 5.75 Å². The topological polar surface area (TPSA) is 9.23 Å². The number of ether oxygens (including phenoxy) is 1. The fourth-order valence-corrected chi connectivity index (χ4v) is 4.52. The minimum absolute atomic E-state index is 0.149. The number of benzene rings is 2. The first-order valence-electron chi connectivity index (χ1n) is 11.8. The molecule has 1 aliphatic carbocycles. The van der Waals surface area contributed by atoms with Gasteiger partial charge in [-0.25, -0.2) is 0 Å². The Morgan fingerprint density at radius 1 is 0.806 bits per heavy atom. The zero-order valence-electron chi connectivity index (χ0n) is 18.6. The van der Waals surface area contributed by atoms with Crippen molar-refractivity contribution in [1.82, 2.24) is 0 Å². The predicted molar refractivity (Wildman–Crippen MR) is 124 cm³/mol. The lowest BCUT2D eigenvalue weighted by Crippen LogP contribution is -2.13. The molecular weight excluding hydrogens is 390 g/mol. The summed E-state index contributed by atoms with van der Waals surface area (Å²) >= 11 is 0. The second kappa shape index (κ2) is 12.5. The van der Waals surface area contributed by atoms with Crippen molar-refractivity contribution in [3.05, 3.63) is 65.2 Å². The number of hydrogen-bond acceptors (Lipinski definition) is 1. The minimum atomic E-state index is -2.80. The third kappa shape index (κ3) is 8.02. The molecule has 0 spiro atoms. The quantitative estimate of drug-likeness (QED) is 0.290. The van der Waals surface area contributed by atoms with Crippen LogP contribution in [0.3, 0.4) is 0 Å². The van der Waals surface area contributed by atoms with Crippen LogP contribution in [0.2, 0.25) is 0 Å². The maximum absolute atomic E-state index is 12.2. The van der Waals surface area contributed by atoms with E-state index < -0.39 is 6.61 Å². The molecule has 0 aliphatic heterocycles. The van der Waals surface area contributed by atoms with Crippen molar-refractivity contribution in [3.63, 3.8) is 0 Å². The number of alkyl halides is 2. The van der Waals surface area contributed by atoms with Crippen molar-refractivity contribution in [1.29, 1.82) is 0 Å². The van der Waals surface area contributed by atoms with Gasteiger partial charge in [0.2, 0.25) is 0 Å². The molecule has 1 nitrogen and oxygen atoms in total. The largest absolute Gasteiger partial charge is 0.435 e. The van der Waals surface area contributed by atoms with Crippen LogP contribution in [0.5, 0.6) is 5.75 Å². The van der Waals surface area contributed by atoms with E-state index in [0.29, 0.717) is 5.92 Å². The van der Waals surface area contributed by atoms with Crippen LogP contribution >= 0.6 is 0 Å². The van der Waals surface area contributed by atoms with Crippen LogP contribution in [-0.4, -0.2) is 6.61 Å². The van der Waals surface area contributed by atoms with Crippen molar-refractivity contribution in [2.75, 3.05) is 0 Å². The van der Waals surface area contributed by atoms with Crippen LogP contribution in [0.15, 0.2) is 48.5 Å². The zero-order chi connectivity index (χ0) is 21.9. The molecule has 0 unspecified atom stereocenters. The average Bonchev–Trinajstić information content (AvgIpc) is 2.79. The molecule has 0 aromatic heterocycles. The van der Waals surface area contributed by atoms with Crippen LogP contribution in [0.1, 0.15) is 93.7 Å². The maximum atomic E-state index is 12.2. The first-order valence-corrected chi connectivity index (χ1v) is 11.8. The monoisotopic (exact) mass is 424 g/mol. The van der Waals surface area contributed by atoms with Crippen LogP contribution < -0.4 is 4.74 Å². The zero-order valence-corrected chi connectivity index (χ0v) is 18.6. The Morgan fingerprint density at radius 2 is 1.39 bits per heavy atom. The Kier molecular flexibility index (Phi) is 9.40. The molecule has 1 saturated carbocycles. The highest BCUT2D eigenvalue weighted by Crippen LogP contribution is 2.37. The fraction of sp³-hybridized carbons (Fsp3) is 0.500. The van der Waals surface area contributed by atoms with Gasteiger partial charge < -0.3 is 4.74 Å². The number of hydrogen-bond donors (Lipinski definition) is 0. The second-order valence-corrected chi connectivity index (χ2v) is 8.70. The van der Waals surface area contributed by atoms with Crippen LogP contribution in [0.4, 0.5) is 8.78 Å². The predicted octanol–water partition coefficient (Wildman–Crippen LogP) is 8.32. The summed E-state index contributed by atoms with van der Waals surface area (Å²) in [6.45, 7) is -0.531. The summed E-state index contributed by atoms with van der Waals surface area (Å²) in [5.41, 5.74) is 3.18. The number of rotatable bonds is 9. The summed E-state index contributed by atoms with van der Waals surface area (Å²) in [5, 5.41) is 0. The lowest BCUT2D eigenvalue weighted by molar-refractivity contribution is -0.0498. The van der Waals surface area contributed by atoms with Gasteiger partial charge in [0.05, 0.1) is 0 Å². The van der Waals surface area contributed by atoms with Crippen molar-refractivity contribution in [2.24, 2.45) is 5.92 Å². The third-order valence-corrected chi connectivity index (χ3v) is 6.38. The van der Waals surface area contributed by atoms with Gasteiger partial charge in [-0.05, 0) is 79.5 Å². The molecular formula is C28H34F2O. The van der Waals surface area contributed by atoms with E-state index in [9.17, 15) is 8.78 Å². The van der Waals surface area contributed by atoms with E-state index in [2.05, 4.69) is 47.8 Å². The Balaban J connectivity index is 1.45. The van der Waals surface area contributed by atoms with E-state index >= 15 is 0 Å². The Bertz CT molecular complexity index is 822. The third-order valence-electron chi connectivity index (χ3n) is 6.38. The van der Waals surface area contributed by atoms with Crippen LogP contribution in [0, 0.1) is 17.8 Å². The fourth-order valence-electron chi connectivity index (χ4n) is 4.52. The lowest BCUT2D eigenvalue weighted by Gasteiger charge is -2.29. The minimum Gasteiger partial charge on any atom is -0.435 e. The molecule has 2 aromatic carbocycles. The van der Waals surface area contributed by atoms with Gasteiger partial charge in [-0.3, -0.25) is 0 Å². The van der Waals surface area contributed by atoms with Gasteiger partial charge in [0.25, 0.3) is 0 Å². The highest BCUT2D eigenvalue weighted by molar-refractivity contribution is 5.45. The summed E-state index contributed by atoms with van der Waals surface area (Å²) in [4.78, 5) is 0.